The van der Waals surface area contributed by atoms with Gasteiger partial charge < -0.3 is 9.84 Å². The van der Waals surface area contributed by atoms with Crippen molar-refractivity contribution in [3.05, 3.63) is 58.1 Å². The van der Waals surface area contributed by atoms with E-state index in [0.29, 0.717) is 24.2 Å². The van der Waals surface area contributed by atoms with Crippen LogP contribution in [0, 0.1) is 5.41 Å². The smallest absolute Gasteiger partial charge is 0.188 e. The average Bonchev–Trinajstić information content (AvgIpc) is 2.59. The van der Waals surface area contributed by atoms with Crippen LogP contribution < -0.4 is 0 Å². The number of aliphatic hydroxyl groups excluding tert-OH is 1. The number of hydrogen-bond acceptors (Lipinski definition) is 4. The highest BCUT2D eigenvalue weighted by atomic mass is 16.5. The Morgan fingerprint density at radius 2 is 1.71 bits per heavy atom. The summed E-state index contributed by atoms with van der Waals surface area (Å²) in [7, 11) is 0. The minimum atomic E-state index is -1.09. The first-order valence-electron chi connectivity index (χ1n) is 9.86. The van der Waals surface area contributed by atoms with Crippen molar-refractivity contribution in [3.63, 3.8) is 0 Å². The number of fused-ring (bicyclic) bond motifs is 1. The molecule has 1 unspecified atom stereocenters. The van der Waals surface area contributed by atoms with Crippen LogP contribution in [0.2, 0.25) is 0 Å². The normalized spacial score (nSPS) is 23.2. The first-order chi connectivity index (χ1) is 12.9. The number of carbonyl (C=O) groups excluding carboxylic acids is 2. The molecule has 2 rings (SSSR count). The number of carbonyl (C=O) groups is 2. The van der Waals surface area contributed by atoms with Gasteiger partial charge in [0.2, 0.25) is 0 Å². The van der Waals surface area contributed by atoms with E-state index in [1.54, 1.807) is 6.92 Å². The summed E-state index contributed by atoms with van der Waals surface area (Å²) in [5, 5.41) is 10.9. The highest BCUT2D eigenvalue weighted by Crippen LogP contribution is 2.50. The molecular formula is C24H32O4. The van der Waals surface area contributed by atoms with E-state index in [0.717, 1.165) is 11.1 Å². The second-order valence-corrected chi connectivity index (χ2v) is 8.62. The van der Waals surface area contributed by atoms with Crippen molar-refractivity contribution in [2.45, 2.75) is 73.3 Å². The van der Waals surface area contributed by atoms with Crippen LogP contribution in [-0.4, -0.2) is 22.3 Å². The molecule has 1 aliphatic carbocycles. The summed E-state index contributed by atoms with van der Waals surface area (Å²) in [6, 6.07) is 0. The fraction of sp³-hybridized carbons (Fsp3) is 0.500. The zero-order valence-electron chi connectivity index (χ0n) is 18.1. The lowest BCUT2D eigenvalue weighted by Crippen LogP contribution is -2.45. The molecule has 0 fully saturated rings. The maximum atomic E-state index is 13.6. The lowest BCUT2D eigenvalue weighted by Gasteiger charge is -2.43. The highest BCUT2D eigenvalue weighted by Gasteiger charge is 2.52. The van der Waals surface area contributed by atoms with E-state index >= 15 is 0 Å². The summed E-state index contributed by atoms with van der Waals surface area (Å²) >= 11 is 0. The minimum absolute atomic E-state index is 0.0986. The van der Waals surface area contributed by atoms with Gasteiger partial charge in [-0.1, -0.05) is 36.3 Å². The standard InChI is InChI=1S/C24H32O4/c1-8-18(25)19-20(26)17(10-9-15(2)3)22-24(21(19)27,12-11-16(4)5)14-13-23(6,7)28-22/h9,11,13-14,26H,8,10,12H2,1-7H3. The molecule has 0 aromatic heterocycles. The van der Waals surface area contributed by atoms with Crippen molar-refractivity contribution in [2.24, 2.45) is 5.41 Å². The largest absolute Gasteiger partial charge is 0.507 e. The van der Waals surface area contributed by atoms with E-state index in [-0.39, 0.29) is 29.3 Å². The van der Waals surface area contributed by atoms with Crippen LogP contribution in [0.25, 0.3) is 0 Å². The quantitative estimate of drug-likeness (QED) is 0.473. The third kappa shape index (κ3) is 4.06. The Hall–Kier alpha value is -2.36. The molecule has 1 atom stereocenters. The average molecular weight is 385 g/mol. The molecular weight excluding hydrogens is 352 g/mol. The SMILES string of the molecule is CCC(=O)C1=C(O)C(CC=C(C)C)=C2OC(C)(C)C=CC2(CC=C(C)C)C1=O. The second-order valence-electron chi connectivity index (χ2n) is 8.62. The van der Waals surface area contributed by atoms with E-state index in [1.165, 1.54) is 0 Å². The summed E-state index contributed by atoms with van der Waals surface area (Å²) in [6.07, 6.45) is 8.65. The Kier molecular flexibility index (Phi) is 6.22. The molecule has 0 saturated heterocycles. The van der Waals surface area contributed by atoms with Gasteiger partial charge in [-0.2, -0.15) is 0 Å². The zero-order chi connectivity index (χ0) is 21.3. The fourth-order valence-corrected chi connectivity index (χ4v) is 3.46. The number of Topliss-reactive ketones (excluding diaryl/α,β-unsaturated/α-hetero) is 2. The second kappa shape index (κ2) is 7.94. The molecule has 4 nitrogen and oxygen atoms in total. The monoisotopic (exact) mass is 384 g/mol. The molecule has 0 radical (unpaired) electrons. The predicted octanol–water partition coefficient (Wildman–Crippen LogP) is 5.68. The van der Waals surface area contributed by atoms with Gasteiger partial charge in [-0.25, -0.2) is 0 Å². The summed E-state index contributed by atoms with van der Waals surface area (Å²) in [5.74, 6) is -0.489. The molecule has 2 aliphatic rings. The van der Waals surface area contributed by atoms with Gasteiger partial charge in [0.25, 0.3) is 0 Å². The van der Waals surface area contributed by atoms with Crippen LogP contribution in [0.3, 0.4) is 0 Å². The molecule has 4 heteroatoms. The van der Waals surface area contributed by atoms with Crippen LogP contribution in [0.1, 0.15) is 67.7 Å². The highest BCUT2D eigenvalue weighted by molar-refractivity contribution is 6.24. The summed E-state index contributed by atoms with van der Waals surface area (Å²) in [4.78, 5) is 26.1. The molecule has 0 amide bonds. The molecule has 0 aromatic carbocycles. The van der Waals surface area contributed by atoms with Gasteiger partial charge >= 0.3 is 0 Å². The first kappa shape index (κ1) is 21.9. The third-order valence-electron chi connectivity index (χ3n) is 5.12. The maximum Gasteiger partial charge on any atom is 0.188 e. The first-order valence-corrected chi connectivity index (χ1v) is 9.86. The molecule has 1 N–H and O–H groups in total. The Labute approximate surface area is 168 Å². The predicted molar refractivity (Wildman–Crippen MR) is 112 cm³/mol. The molecule has 0 spiro atoms. The van der Waals surface area contributed by atoms with Crippen molar-refractivity contribution in [1.82, 2.24) is 0 Å². The molecule has 1 aliphatic heterocycles. The van der Waals surface area contributed by atoms with Crippen LogP contribution in [-0.2, 0) is 14.3 Å². The van der Waals surface area contributed by atoms with E-state index in [4.69, 9.17) is 4.74 Å². The van der Waals surface area contributed by atoms with E-state index < -0.39 is 11.0 Å². The van der Waals surface area contributed by atoms with Gasteiger partial charge in [-0.05, 0) is 60.5 Å². The van der Waals surface area contributed by atoms with Crippen LogP contribution in [0.4, 0.5) is 0 Å². The van der Waals surface area contributed by atoms with Crippen molar-refractivity contribution in [2.75, 3.05) is 0 Å². The number of ether oxygens (including phenoxy) is 1. The Morgan fingerprint density at radius 1 is 1.11 bits per heavy atom. The van der Waals surface area contributed by atoms with Crippen LogP contribution >= 0.6 is 0 Å². The van der Waals surface area contributed by atoms with Gasteiger partial charge in [-0.3, -0.25) is 9.59 Å². The van der Waals surface area contributed by atoms with Crippen molar-refractivity contribution in [3.8, 4) is 0 Å². The number of ketones is 2. The van der Waals surface area contributed by atoms with Crippen molar-refractivity contribution < 1.29 is 19.4 Å². The molecule has 1 heterocycles. The molecule has 0 saturated carbocycles. The Morgan fingerprint density at radius 3 is 2.25 bits per heavy atom. The lowest BCUT2D eigenvalue weighted by atomic mass is 9.67. The van der Waals surface area contributed by atoms with E-state index in [1.807, 2.05) is 65.8 Å². The van der Waals surface area contributed by atoms with Gasteiger partial charge in [0.1, 0.15) is 28.1 Å². The number of hydrogen-bond donors (Lipinski definition) is 1. The van der Waals surface area contributed by atoms with Gasteiger partial charge in [0, 0.05) is 12.0 Å². The zero-order valence-corrected chi connectivity index (χ0v) is 18.1. The van der Waals surface area contributed by atoms with Gasteiger partial charge in [-0.15, -0.1) is 0 Å². The number of aliphatic hydroxyl groups is 1. The molecule has 0 aromatic rings. The topological polar surface area (TPSA) is 63.6 Å². The number of rotatable bonds is 6. The third-order valence-corrected chi connectivity index (χ3v) is 5.12. The summed E-state index contributed by atoms with van der Waals surface area (Å²) in [6.45, 7) is 13.4. The molecule has 28 heavy (non-hydrogen) atoms. The minimum Gasteiger partial charge on any atom is -0.507 e. The van der Waals surface area contributed by atoms with Crippen molar-refractivity contribution in [1.29, 1.82) is 0 Å². The Balaban J connectivity index is 2.84. The Bertz CT molecular complexity index is 838. The van der Waals surface area contributed by atoms with Crippen LogP contribution in [0.15, 0.2) is 58.1 Å². The lowest BCUT2D eigenvalue weighted by molar-refractivity contribution is -0.128. The fourth-order valence-electron chi connectivity index (χ4n) is 3.46. The molecule has 152 valence electrons. The van der Waals surface area contributed by atoms with Gasteiger partial charge in [0.05, 0.1) is 0 Å². The van der Waals surface area contributed by atoms with Crippen LogP contribution in [0.5, 0.6) is 0 Å². The number of allylic oxidation sites excluding steroid dienone is 7. The van der Waals surface area contributed by atoms with E-state index in [9.17, 15) is 14.7 Å². The summed E-state index contributed by atoms with van der Waals surface area (Å²) < 4.78 is 6.27. The summed E-state index contributed by atoms with van der Waals surface area (Å²) in [5.41, 5.74) is 0.891. The van der Waals surface area contributed by atoms with Crippen molar-refractivity contribution >= 4 is 11.6 Å². The maximum absolute atomic E-state index is 13.6. The van der Waals surface area contributed by atoms with E-state index in [2.05, 4.69) is 0 Å². The molecule has 0 bridgehead atoms. The van der Waals surface area contributed by atoms with Gasteiger partial charge in [0.15, 0.2) is 11.6 Å².